The summed E-state index contributed by atoms with van der Waals surface area (Å²) in [7, 11) is 0. The quantitative estimate of drug-likeness (QED) is 0.460. The van der Waals surface area contributed by atoms with Gasteiger partial charge in [-0.15, -0.1) is 0 Å². The van der Waals surface area contributed by atoms with Crippen LogP contribution in [0.5, 0.6) is 0 Å². The maximum absolute atomic E-state index is 12.8. The van der Waals surface area contributed by atoms with Crippen molar-refractivity contribution in [3.05, 3.63) is 111 Å². The second kappa shape index (κ2) is 8.88. The predicted molar refractivity (Wildman–Crippen MR) is 121 cm³/mol. The van der Waals surface area contributed by atoms with E-state index in [-0.39, 0.29) is 30.5 Å². The number of rotatable bonds is 6. The minimum Gasteiger partial charge on any atom is -0.345 e. The van der Waals surface area contributed by atoms with Gasteiger partial charge < -0.3 is 10.3 Å². The Morgan fingerprint density at radius 3 is 2.10 bits per heavy atom. The van der Waals surface area contributed by atoms with Crippen molar-refractivity contribution < 1.29 is 4.79 Å². The van der Waals surface area contributed by atoms with Gasteiger partial charge in [-0.3, -0.25) is 14.2 Å². The monoisotopic (exact) mass is 415 g/mol. The molecular formula is C24H21N3O2S. The molecule has 0 fully saturated rings. The van der Waals surface area contributed by atoms with Gasteiger partial charge in [-0.1, -0.05) is 72.8 Å². The van der Waals surface area contributed by atoms with Crippen LogP contribution < -0.4 is 10.9 Å². The lowest BCUT2D eigenvalue weighted by atomic mass is 9.98. The minimum absolute atomic E-state index is 0.145. The van der Waals surface area contributed by atoms with Crippen LogP contribution in [0.1, 0.15) is 23.6 Å². The first-order valence-corrected chi connectivity index (χ1v) is 10.2. The molecule has 1 aromatic heterocycles. The van der Waals surface area contributed by atoms with Crippen LogP contribution in [0.25, 0.3) is 10.9 Å². The van der Waals surface area contributed by atoms with E-state index in [0.717, 1.165) is 11.1 Å². The second-order valence-electron chi connectivity index (χ2n) is 7.00. The van der Waals surface area contributed by atoms with Crippen molar-refractivity contribution >= 4 is 29.0 Å². The van der Waals surface area contributed by atoms with Crippen LogP contribution in [0.4, 0.5) is 0 Å². The fourth-order valence-electron chi connectivity index (χ4n) is 3.50. The van der Waals surface area contributed by atoms with Crippen molar-refractivity contribution in [2.75, 3.05) is 0 Å². The highest BCUT2D eigenvalue weighted by Crippen LogP contribution is 2.21. The highest BCUT2D eigenvalue weighted by molar-refractivity contribution is 7.71. The fourth-order valence-corrected chi connectivity index (χ4v) is 3.78. The molecule has 0 radical (unpaired) electrons. The van der Waals surface area contributed by atoms with E-state index in [2.05, 4.69) is 10.3 Å². The summed E-state index contributed by atoms with van der Waals surface area (Å²) in [5, 5.41) is 3.65. The number of nitrogens with one attached hydrogen (secondary N) is 2. The number of hydrogen-bond acceptors (Lipinski definition) is 3. The molecule has 0 aliphatic rings. The number of H-pyrrole nitrogens is 1. The smallest absolute Gasteiger partial charge is 0.262 e. The number of hydrogen-bond donors (Lipinski definition) is 2. The topological polar surface area (TPSA) is 66.9 Å². The Morgan fingerprint density at radius 2 is 1.47 bits per heavy atom. The molecule has 4 rings (SSSR count). The molecule has 150 valence electrons. The molecule has 0 aliphatic heterocycles. The molecule has 0 atom stereocenters. The summed E-state index contributed by atoms with van der Waals surface area (Å²) in [5.41, 5.74) is 2.50. The Labute approximate surface area is 179 Å². The lowest BCUT2D eigenvalue weighted by Gasteiger charge is -2.20. The third-order valence-electron chi connectivity index (χ3n) is 5.02. The van der Waals surface area contributed by atoms with Crippen LogP contribution in [0, 0.1) is 4.77 Å². The molecule has 3 aromatic carbocycles. The third-order valence-corrected chi connectivity index (χ3v) is 5.35. The molecule has 4 aromatic rings. The molecule has 0 bridgehead atoms. The summed E-state index contributed by atoms with van der Waals surface area (Å²) >= 11 is 5.34. The number of para-hydroxylation sites is 1. The SMILES string of the molecule is O=C(CCn1c(=S)[nH]c2ccccc2c1=O)NC(c1ccccc1)c1ccccc1. The Balaban J connectivity index is 1.55. The van der Waals surface area contributed by atoms with E-state index in [0.29, 0.717) is 15.7 Å². The Kier molecular flexibility index (Phi) is 5.86. The van der Waals surface area contributed by atoms with Crippen LogP contribution in [0.2, 0.25) is 0 Å². The zero-order chi connectivity index (χ0) is 20.9. The summed E-state index contributed by atoms with van der Waals surface area (Å²) in [6.07, 6.45) is 0.145. The molecule has 1 heterocycles. The molecule has 0 aliphatic carbocycles. The molecule has 1 amide bonds. The number of aromatic nitrogens is 2. The molecule has 5 nitrogen and oxygen atoms in total. The molecule has 0 unspecified atom stereocenters. The van der Waals surface area contributed by atoms with Gasteiger partial charge in [0, 0.05) is 13.0 Å². The Morgan fingerprint density at radius 1 is 0.900 bits per heavy atom. The van der Waals surface area contributed by atoms with E-state index in [1.807, 2.05) is 78.9 Å². The van der Waals surface area contributed by atoms with Crippen LogP contribution >= 0.6 is 12.2 Å². The van der Waals surface area contributed by atoms with E-state index in [1.165, 1.54) is 4.57 Å². The Hall–Kier alpha value is -3.51. The lowest BCUT2D eigenvalue weighted by molar-refractivity contribution is -0.121. The second-order valence-corrected chi connectivity index (χ2v) is 7.39. The standard InChI is InChI=1S/C24H21N3O2S/c28-21(15-16-27-23(29)19-13-7-8-14-20(19)25-24(27)30)26-22(17-9-3-1-4-10-17)18-11-5-2-6-12-18/h1-14,22H,15-16H2,(H,25,30)(H,26,28). The largest absolute Gasteiger partial charge is 0.345 e. The average molecular weight is 416 g/mol. The number of benzene rings is 3. The summed E-state index contributed by atoms with van der Waals surface area (Å²) in [6.45, 7) is 0.209. The number of amides is 1. The maximum atomic E-state index is 12.8. The number of nitrogens with zero attached hydrogens (tertiary/aromatic N) is 1. The normalized spacial score (nSPS) is 11.0. The van der Waals surface area contributed by atoms with E-state index >= 15 is 0 Å². The van der Waals surface area contributed by atoms with Gasteiger partial charge in [-0.05, 0) is 35.5 Å². The summed E-state index contributed by atoms with van der Waals surface area (Å²) in [4.78, 5) is 28.6. The van der Waals surface area contributed by atoms with E-state index in [4.69, 9.17) is 12.2 Å². The van der Waals surface area contributed by atoms with Crippen molar-refractivity contribution in [3.8, 4) is 0 Å². The summed E-state index contributed by atoms with van der Waals surface area (Å²) in [5.74, 6) is -0.151. The third kappa shape index (κ3) is 4.23. The van der Waals surface area contributed by atoms with Gasteiger partial charge >= 0.3 is 0 Å². The molecule has 30 heavy (non-hydrogen) atoms. The van der Waals surface area contributed by atoms with E-state index < -0.39 is 0 Å². The fraction of sp³-hybridized carbons (Fsp3) is 0.125. The molecular weight excluding hydrogens is 394 g/mol. The number of carbonyl (C=O) groups is 1. The maximum Gasteiger partial charge on any atom is 0.262 e. The van der Waals surface area contributed by atoms with Gasteiger partial charge in [0.1, 0.15) is 0 Å². The first kappa shape index (κ1) is 19.8. The van der Waals surface area contributed by atoms with Gasteiger partial charge in [-0.2, -0.15) is 0 Å². The van der Waals surface area contributed by atoms with Crippen LogP contribution in [0.3, 0.4) is 0 Å². The summed E-state index contributed by atoms with van der Waals surface area (Å²) in [6, 6.07) is 26.6. The zero-order valence-corrected chi connectivity index (χ0v) is 17.1. The van der Waals surface area contributed by atoms with Gasteiger partial charge in [0.2, 0.25) is 5.91 Å². The van der Waals surface area contributed by atoms with Crippen LogP contribution in [0.15, 0.2) is 89.7 Å². The first-order chi connectivity index (χ1) is 14.6. The number of fused-ring (bicyclic) bond motifs is 1. The van der Waals surface area contributed by atoms with Crippen molar-refractivity contribution in [2.45, 2.75) is 19.0 Å². The van der Waals surface area contributed by atoms with Crippen molar-refractivity contribution in [2.24, 2.45) is 0 Å². The molecule has 0 saturated carbocycles. The van der Waals surface area contributed by atoms with Gasteiger partial charge in [0.25, 0.3) is 5.56 Å². The molecule has 0 saturated heterocycles. The highest BCUT2D eigenvalue weighted by Gasteiger charge is 2.17. The van der Waals surface area contributed by atoms with Gasteiger partial charge in [0.05, 0.1) is 16.9 Å². The van der Waals surface area contributed by atoms with E-state index in [9.17, 15) is 9.59 Å². The van der Waals surface area contributed by atoms with E-state index in [1.54, 1.807) is 6.07 Å². The Bertz CT molecular complexity index is 1240. The van der Waals surface area contributed by atoms with Crippen LogP contribution in [-0.2, 0) is 11.3 Å². The minimum atomic E-state index is -0.261. The summed E-state index contributed by atoms with van der Waals surface area (Å²) < 4.78 is 1.76. The van der Waals surface area contributed by atoms with Crippen LogP contribution in [-0.4, -0.2) is 15.5 Å². The van der Waals surface area contributed by atoms with Crippen molar-refractivity contribution in [3.63, 3.8) is 0 Å². The predicted octanol–water partition coefficient (Wildman–Crippen LogP) is 4.35. The van der Waals surface area contributed by atoms with Gasteiger partial charge in [-0.25, -0.2) is 0 Å². The lowest BCUT2D eigenvalue weighted by Crippen LogP contribution is -2.31. The molecule has 6 heteroatoms. The highest BCUT2D eigenvalue weighted by atomic mass is 32.1. The molecule has 0 spiro atoms. The number of aromatic amines is 1. The number of carbonyl (C=O) groups excluding carboxylic acids is 1. The van der Waals surface area contributed by atoms with Gasteiger partial charge in [0.15, 0.2) is 4.77 Å². The first-order valence-electron chi connectivity index (χ1n) is 9.74. The van der Waals surface area contributed by atoms with Crippen molar-refractivity contribution in [1.82, 2.24) is 14.9 Å². The average Bonchev–Trinajstić information content (AvgIpc) is 2.78. The zero-order valence-electron chi connectivity index (χ0n) is 16.2. The van der Waals surface area contributed by atoms with Crippen molar-refractivity contribution in [1.29, 1.82) is 0 Å². The molecule has 2 N–H and O–H groups in total.